The lowest BCUT2D eigenvalue weighted by Crippen LogP contribution is -2.20. The molecule has 0 fully saturated rings. The number of benzene rings is 2. The molecule has 3 nitrogen and oxygen atoms in total. The largest absolute Gasteiger partial charge is 0.294 e. The quantitative estimate of drug-likeness (QED) is 0.381. The number of aromatic nitrogens is 2. The minimum Gasteiger partial charge on any atom is -0.294 e. The highest BCUT2D eigenvalue weighted by atomic mass is 79.9. The van der Waals surface area contributed by atoms with Crippen molar-refractivity contribution in [2.24, 2.45) is 0 Å². The summed E-state index contributed by atoms with van der Waals surface area (Å²) in [5.74, 6) is 0. The van der Waals surface area contributed by atoms with Crippen LogP contribution in [0, 0.1) is 0 Å². The number of fused-ring (bicyclic) bond motifs is 1. The Bertz CT molecular complexity index is 1120. The fourth-order valence-electron chi connectivity index (χ4n) is 2.75. The maximum atomic E-state index is 13.0. The van der Waals surface area contributed by atoms with Gasteiger partial charge in [0.2, 0.25) is 0 Å². The summed E-state index contributed by atoms with van der Waals surface area (Å²) in [5.41, 5.74) is 3.00. The Morgan fingerprint density at radius 2 is 1.84 bits per heavy atom. The van der Waals surface area contributed by atoms with E-state index < -0.39 is 0 Å². The first-order valence-corrected chi connectivity index (χ1v) is 10.1. The molecule has 4 rings (SSSR count). The lowest BCUT2D eigenvalue weighted by Gasteiger charge is -2.07. The molecular formula is C19H12Br2N2OS. The molecule has 0 aliphatic rings. The van der Waals surface area contributed by atoms with Gasteiger partial charge in [0, 0.05) is 19.9 Å². The first kappa shape index (κ1) is 16.7. The number of nitrogens with zero attached hydrogens (tertiary/aromatic N) is 2. The van der Waals surface area contributed by atoms with Crippen molar-refractivity contribution < 1.29 is 0 Å². The van der Waals surface area contributed by atoms with Crippen molar-refractivity contribution in [3.63, 3.8) is 0 Å². The van der Waals surface area contributed by atoms with Crippen LogP contribution >= 0.6 is 43.2 Å². The zero-order valence-electron chi connectivity index (χ0n) is 12.9. The van der Waals surface area contributed by atoms with Crippen LogP contribution in [0.1, 0.15) is 5.56 Å². The highest BCUT2D eigenvalue weighted by Crippen LogP contribution is 2.31. The van der Waals surface area contributed by atoms with Crippen LogP contribution in [0.3, 0.4) is 0 Å². The Morgan fingerprint density at radius 1 is 1.04 bits per heavy atom. The van der Waals surface area contributed by atoms with Gasteiger partial charge in [-0.25, -0.2) is 4.98 Å². The van der Waals surface area contributed by atoms with Gasteiger partial charge in [-0.05, 0) is 35.4 Å². The second kappa shape index (κ2) is 6.86. The van der Waals surface area contributed by atoms with E-state index in [-0.39, 0.29) is 5.56 Å². The fourth-order valence-corrected chi connectivity index (χ4v) is 4.37. The van der Waals surface area contributed by atoms with Gasteiger partial charge in [0.25, 0.3) is 5.56 Å². The topological polar surface area (TPSA) is 34.9 Å². The minimum absolute atomic E-state index is 0.0101. The van der Waals surface area contributed by atoms with Crippen LogP contribution in [0.5, 0.6) is 0 Å². The molecule has 0 radical (unpaired) electrons. The lowest BCUT2D eigenvalue weighted by molar-refractivity contribution is 0.749. The maximum absolute atomic E-state index is 13.0. The van der Waals surface area contributed by atoms with Crippen LogP contribution in [0.15, 0.2) is 74.0 Å². The van der Waals surface area contributed by atoms with Gasteiger partial charge < -0.3 is 0 Å². The van der Waals surface area contributed by atoms with Crippen molar-refractivity contribution in [1.82, 2.24) is 9.55 Å². The molecule has 4 aromatic rings. The summed E-state index contributed by atoms with van der Waals surface area (Å²) >= 11 is 8.42. The molecule has 0 amide bonds. The molecule has 124 valence electrons. The summed E-state index contributed by atoms with van der Waals surface area (Å²) in [7, 11) is 0. The Morgan fingerprint density at radius 3 is 2.60 bits per heavy atom. The molecule has 0 saturated carbocycles. The van der Waals surface area contributed by atoms with E-state index >= 15 is 0 Å². The van der Waals surface area contributed by atoms with Gasteiger partial charge in [0.05, 0.1) is 18.3 Å². The van der Waals surface area contributed by atoms with Gasteiger partial charge in [-0.1, -0.05) is 56.1 Å². The number of thiophene rings is 1. The van der Waals surface area contributed by atoms with Crippen LogP contribution in [0.4, 0.5) is 0 Å². The lowest BCUT2D eigenvalue weighted by atomic mass is 10.1. The van der Waals surface area contributed by atoms with Gasteiger partial charge in [0.1, 0.15) is 4.83 Å². The van der Waals surface area contributed by atoms with Crippen molar-refractivity contribution in [1.29, 1.82) is 0 Å². The van der Waals surface area contributed by atoms with E-state index in [1.807, 2.05) is 53.9 Å². The van der Waals surface area contributed by atoms with Crippen LogP contribution in [-0.2, 0) is 6.54 Å². The van der Waals surface area contributed by atoms with Gasteiger partial charge in [-0.3, -0.25) is 9.36 Å². The molecule has 6 heteroatoms. The predicted octanol–water partition coefficient (Wildman–Crippen LogP) is 5.70. The molecule has 2 aromatic carbocycles. The van der Waals surface area contributed by atoms with Crippen LogP contribution in [0.2, 0.25) is 0 Å². The molecule has 0 saturated heterocycles. The SMILES string of the molecule is O=c1c2c(-c3ccc(Br)cc3)csc2ncn1Cc1cccc(Br)c1. The molecule has 0 unspecified atom stereocenters. The predicted molar refractivity (Wildman–Crippen MR) is 110 cm³/mol. The van der Waals surface area contributed by atoms with E-state index in [4.69, 9.17) is 0 Å². The van der Waals surface area contributed by atoms with Gasteiger partial charge >= 0.3 is 0 Å². The fraction of sp³-hybridized carbons (Fsp3) is 0.0526. The normalized spacial score (nSPS) is 11.1. The number of halogens is 2. The molecule has 25 heavy (non-hydrogen) atoms. The number of hydrogen-bond donors (Lipinski definition) is 0. The molecule has 0 bridgehead atoms. The standard InChI is InChI=1S/C19H12Br2N2OS/c20-14-6-4-13(5-7-14)16-10-25-18-17(16)19(24)23(11-22-18)9-12-2-1-3-15(21)8-12/h1-8,10-11H,9H2. The summed E-state index contributed by atoms with van der Waals surface area (Å²) in [4.78, 5) is 18.3. The Labute approximate surface area is 165 Å². The van der Waals surface area contributed by atoms with E-state index in [9.17, 15) is 4.79 Å². The summed E-state index contributed by atoms with van der Waals surface area (Å²) in [6.07, 6.45) is 1.63. The summed E-state index contributed by atoms with van der Waals surface area (Å²) in [6.45, 7) is 0.497. The minimum atomic E-state index is -0.0101. The van der Waals surface area contributed by atoms with Gasteiger partial charge in [-0.15, -0.1) is 11.3 Å². The second-order valence-electron chi connectivity index (χ2n) is 5.64. The molecule has 0 atom stereocenters. The van der Waals surface area contributed by atoms with E-state index in [2.05, 4.69) is 36.8 Å². The van der Waals surface area contributed by atoms with E-state index in [0.717, 1.165) is 30.5 Å². The molecule has 2 aromatic heterocycles. The van der Waals surface area contributed by atoms with Crippen molar-refractivity contribution in [2.75, 3.05) is 0 Å². The third kappa shape index (κ3) is 3.34. The average Bonchev–Trinajstić information content (AvgIpc) is 3.03. The molecule has 0 aliphatic heterocycles. The number of hydrogen-bond acceptors (Lipinski definition) is 3. The summed E-state index contributed by atoms with van der Waals surface area (Å²) in [5, 5.41) is 2.69. The van der Waals surface area contributed by atoms with E-state index in [0.29, 0.717) is 11.9 Å². The zero-order chi connectivity index (χ0) is 17.4. The van der Waals surface area contributed by atoms with Crippen molar-refractivity contribution in [2.45, 2.75) is 6.54 Å². The van der Waals surface area contributed by atoms with Crippen LogP contribution < -0.4 is 5.56 Å². The first-order valence-electron chi connectivity index (χ1n) is 7.59. The second-order valence-corrected chi connectivity index (χ2v) is 8.33. The van der Waals surface area contributed by atoms with Crippen molar-refractivity contribution >= 4 is 53.4 Å². The molecule has 0 spiro atoms. The summed E-state index contributed by atoms with van der Waals surface area (Å²) < 4.78 is 3.68. The average molecular weight is 476 g/mol. The Balaban J connectivity index is 1.83. The molecule has 2 heterocycles. The van der Waals surface area contributed by atoms with Crippen LogP contribution in [-0.4, -0.2) is 9.55 Å². The Hall–Kier alpha value is -1.76. The maximum Gasteiger partial charge on any atom is 0.263 e. The third-order valence-corrected chi connectivity index (χ3v) is 5.87. The molecule has 0 N–H and O–H groups in total. The summed E-state index contributed by atoms with van der Waals surface area (Å²) in [6, 6.07) is 15.9. The van der Waals surface area contributed by atoms with Crippen molar-refractivity contribution in [3.8, 4) is 11.1 Å². The highest BCUT2D eigenvalue weighted by Gasteiger charge is 2.13. The van der Waals surface area contributed by atoms with Crippen molar-refractivity contribution in [3.05, 3.63) is 85.1 Å². The zero-order valence-corrected chi connectivity index (χ0v) is 16.9. The smallest absolute Gasteiger partial charge is 0.263 e. The Kier molecular flexibility index (Phi) is 4.58. The first-order chi connectivity index (χ1) is 12.1. The number of rotatable bonds is 3. The molecule has 0 aliphatic carbocycles. The van der Waals surface area contributed by atoms with Crippen LogP contribution in [0.25, 0.3) is 21.3 Å². The van der Waals surface area contributed by atoms with Gasteiger partial charge in [-0.2, -0.15) is 0 Å². The monoisotopic (exact) mass is 474 g/mol. The van der Waals surface area contributed by atoms with E-state index in [1.54, 1.807) is 10.9 Å². The van der Waals surface area contributed by atoms with E-state index in [1.165, 1.54) is 11.3 Å². The third-order valence-electron chi connectivity index (χ3n) is 3.96. The van der Waals surface area contributed by atoms with Gasteiger partial charge in [0.15, 0.2) is 0 Å². The molecular weight excluding hydrogens is 464 g/mol. The highest BCUT2D eigenvalue weighted by molar-refractivity contribution is 9.10.